The minimum Gasteiger partial charge on any atom is -0.399 e. The summed E-state index contributed by atoms with van der Waals surface area (Å²) in [6.07, 6.45) is 3.63. The summed E-state index contributed by atoms with van der Waals surface area (Å²) in [6.45, 7) is 2.03. The van der Waals surface area contributed by atoms with Crippen molar-refractivity contribution in [2.24, 2.45) is 0 Å². The molecule has 1 heterocycles. The van der Waals surface area contributed by atoms with E-state index in [1.807, 2.05) is 36.4 Å². The van der Waals surface area contributed by atoms with Crippen LogP contribution in [0.5, 0.6) is 0 Å². The summed E-state index contributed by atoms with van der Waals surface area (Å²) in [7, 11) is 0. The number of nitrogens with one attached hydrogen (secondary N) is 1. The first-order valence-corrected chi connectivity index (χ1v) is 8.65. The average Bonchev–Trinajstić information content (AvgIpc) is 2.56. The fraction of sp³-hybridized carbons (Fsp3) is 0.278. The van der Waals surface area contributed by atoms with Crippen LogP contribution in [0.2, 0.25) is 0 Å². The molecule has 0 radical (unpaired) electrons. The second kappa shape index (κ2) is 7.04. The highest BCUT2D eigenvalue weighted by atomic mass is 79.9. The number of benzene rings is 2. The van der Waals surface area contributed by atoms with Gasteiger partial charge in [-0.25, -0.2) is 0 Å². The van der Waals surface area contributed by atoms with Gasteiger partial charge in [0.1, 0.15) is 0 Å². The van der Waals surface area contributed by atoms with Gasteiger partial charge in [0.25, 0.3) is 5.91 Å². The molecule has 3 rings (SSSR count). The number of hydrogen-bond donors (Lipinski definition) is 2. The maximum absolute atomic E-state index is 12.6. The van der Waals surface area contributed by atoms with Crippen LogP contribution in [0, 0.1) is 0 Å². The van der Waals surface area contributed by atoms with E-state index in [1.165, 1.54) is 19.3 Å². The van der Waals surface area contributed by atoms with Crippen LogP contribution in [0.4, 0.5) is 17.1 Å². The molecule has 0 saturated carbocycles. The molecule has 3 N–H and O–H groups in total. The summed E-state index contributed by atoms with van der Waals surface area (Å²) in [4.78, 5) is 14.9. The second-order valence-electron chi connectivity index (χ2n) is 5.76. The number of halogens is 1. The maximum atomic E-state index is 12.6. The number of rotatable bonds is 3. The molecule has 4 nitrogen and oxygen atoms in total. The number of nitrogens with two attached hydrogens (primary N) is 1. The van der Waals surface area contributed by atoms with Crippen molar-refractivity contribution in [2.75, 3.05) is 29.0 Å². The molecular weight excluding hydrogens is 354 g/mol. The minimum atomic E-state index is -0.138. The third kappa shape index (κ3) is 3.67. The number of nitrogen functional groups attached to an aromatic ring is 1. The predicted molar refractivity (Wildman–Crippen MR) is 99.0 cm³/mol. The average molecular weight is 374 g/mol. The Bertz CT molecular complexity index is 711. The summed E-state index contributed by atoms with van der Waals surface area (Å²) < 4.78 is 0.779. The molecular formula is C18H20BrN3O. The van der Waals surface area contributed by atoms with Gasteiger partial charge in [0, 0.05) is 23.2 Å². The van der Waals surface area contributed by atoms with Crippen molar-refractivity contribution in [1.29, 1.82) is 0 Å². The smallest absolute Gasteiger partial charge is 0.256 e. The van der Waals surface area contributed by atoms with Gasteiger partial charge in [0.2, 0.25) is 0 Å². The lowest BCUT2D eigenvalue weighted by Crippen LogP contribution is -2.30. The fourth-order valence-electron chi connectivity index (χ4n) is 2.90. The molecule has 2 aromatic rings. The van der Waals surface area contributed by atoms with E-state index < -0.39 is 0 Å². The fourth-order valence-corrected chi connectivity index (χ4v) is 3.36. The highest BCUT2D eigenvalue weighted by molar-refractivity contribution is 9.10. The Hall–Kier alpha value is -2.01. The third-order valence-electron chi connectivity index (χ3n) is 4.08. The lowest BCUT2D eigenvalue weighted by molar-refractivity contribution is 0.102. The maximum Gasteiger partial charge on any atom is 0.256 e. The number of carbonyl (C=O) groups is 1. The molecule has 2 aromatic carbocycles. The first kappa shape index (κ1) is 15.9. The molecule has 0 unspecified atom stereocenters. The van der Waals surface area contributed by atoms with Gasteiger partial charge >= 0.3 is 0 Å². The Kier molecular flexibility index (Phi) is 4.86. The standard InChI is InChI=1S/C18H20BrN3O/c19-15-7-3-2-6-14(15)18(23)21-16-12-13(20)8-9-17(16)22-10-4-1-5-11-22/h2-3,6-9,12H,1,4-5,10-11,20H2,(H,21,23). The van der Waals surface area contributed by atoms with Gasteiger partial charge in [0.15, 0.2) is 0 Å². The number of carbonyl (C=O) groups excluding carboxylic acids is 1. The van der Waals surface area contributed by atoms with Crippen LogP contribution in [0.15, 0.2) is 46.9 Å². The summed E-state index contributed by atoms with van der Waals surface area (Å²) in [5.74, 6) is -0.138. The Balaban J connectivity index is 1.88. The van der Waals surface area contributed by atoms with Crippen LogP contribution in [0.1, 0.15) is 29.6 Å². The molecule has 1 amide bonds. The van der Waals surface area contributed by atoms with Gasteiger partial charge in [0.05, 0.1) is 16.9 Å². The van der Waals surface area contributed by atoms with E-state index in [0.717, 1.165) is 28.9 Å². The molecule has 1 fully saturated rings. The van der Waals surface area contributed by atoms with Crippen molar-refractivity contribution >= 4 is 38.9 Å². The lowest BCUT2D eigenvalue weighted by atomic mass is 10.1. The highest BCUT2D eigenvalue weighted by Crippen LogP contribution is 2.31. The summed E-state index contributed by atoms with van der Waals surface area (Å²) in [5.41, 5.74) is 8.99. The normalized spacial score (nSPS) is 14.6. The molecule has 0 atom stereocenters. The highest BCUT2D eigenvalue weighted by Gasteiger charge is 2.17. The summed E-state index contributed by atoms with van der Waals surface area (Å²) in [6, 6.07) is 13.1. The van der Waals surface area contributed by atoms with Gasteiger partial charge in [-0.05, 0) is 65.5 Å². The molecule has 1 aliphatic heterocycles. The summed E-state index contributed by atoms with van der Waals surface area (Å²) >= 11 is 3.42. The van der Waals surface area contributed by atoms with Gasteiger partial charge in [-0.2, -0.15) is 0 Å². The zero-order valence-electron chi connectivity index (χ0n) is 12.9. The van der Waals surface area contributed by atoms with Crippen LogP contribution in [-0.4, -0.2) is 19.0 Å². The first-order chi connectivity index (χ1) is 11.1. The van der Waals surface area contributed by atoms with E-state index in [2.05, 4.69) is 26.1 Å². The number of nitrogens with zero attached hydrogens (tertiary/aromatic N) is 1. The van der Waals surface area contributed by atoms with Crippen LogP contribution < -0.4 is 16.0 Å². The van der Waals surface area contributed by atoms with E-state index in [1.54, 1.807) is 6.07 Å². The number of anilines is 3. The molecule has 0 spiro atoms. The zero-order chi connectivity index (χ0) is 16.2. The van der Waals surface area contributed by atoms with Gasteiger partial charge in [-0.1, -0.05) is 12.1 Å². The first-order valence-electron chi connectivity index (χ1n) is 7.85. The number of hydrogen-bond acceptors (Lipinski definition) is 3. The third-order valence-corrected chi connectivity index (χ3v) is 4.78. The van der Waals surface area contributed by atoms with Crippen LogP contribution in [-0.2, 0) is 0 Å². The van der Waals surface area contributed by atoms with Crippen molar-refractivity contribution in [1.82, 2.24) is 0 Å². The van der Waals surface area contributed by atoms with E-state index >= 15 is 0 Å². The van der Waals surface area contributed by atoms with Crippen molar-refractivity contribution < 1.29 is 4.79 Å². The Morgan fingerprint density at radius 3 is 2.57 bits per heavy atom. The predicted octanol–water partition coefficient (Wildman–Crippen LogP) is 4.27. The van der Waals surface area contributed by atoms with Crippen LogP contribution in [0.3, 0.4) is 0 Å². The largest absolute Gasteiger partial charge is 0.399 e. The van der Waals surface area contributed by atoms with Crippen LogP contribution in [0.25, 0.3) is 0 Å². The van der Waals surface area contributed by atoms with Crippen molar-refractivity contribution in [2.45, 2.75) is 19.3 Å². The monoisotopic (exact) mass is 373 g/mol. The molecule has 23 heavy (non-hydrogen) atoms. The quantitative estimate of drug-likeness (QED) is 0.789. The number of piperidine rings is 1. The topological polar surface area (TPSA) is 58.4 Å². The lowest BCUT2D eigenvalue weighted by Gasteiger charge is -2.30. The molecule has 1 aliphatic rings. The Morgan fingerprint density at radius 2 is 1.83 bits per heavy atom. The molecule has 1 saturated heterocycles. The zero-order valence-corrected chi connectivity index (χ0v) is 14.5. The van der Waals surface area contributed by atoms with Crippen molar-refractivity contribution in [3.05, 3.63) is 52.5 Å². The van der Waals surface area contributed by atoms with E-state index in [9.17, 15) is 4.79 Å². The molecule has 0 aliphatic carbocycles. The van der Waals surface area contributed by atoms with Crippen LogP contribution >= 0.6 is 15.9 Å². The summed E-state index contributed by atoms with van der Waals surface area (Å²) in [5, 5.41) is 3.02. The van der Waals surface area contributed by atoms with E-state index in [4.69, 9.17) is 5.73 Å². The van der Waals surface area contributed by atoms with E-state index in [-0.39, 0.29) is 5.91 Å². The van der Waals surface area contributed by atoms with Crippen molar-refractivity contribution in [3.8, 4) is 0 Å². The second-order valence-corrected chi connectivity index (χ2v) is 6.61. The SMILES string of the molecule is Nc1ccc(N2CCCCC2)c(NC(=O)c2ccccc2Br)c1. The van der Waals surface area contributed by atoms with E-state index in [0.29, 0.717) is 11.3 Å². The molecule has 0 aromatic heterocycles. The molecule has 5 heteroatoms. The van der Waals surface area contributed by atoms with Gasteiger partial charge in [-0.15, -0.1) is 0 Å². The molecule has 120 valence electrons. The van der Waals surface area contributed by atoms with Gasteiger partial charge < -0.3 is 16.0 Å². The minimum absolute atomic E-state index is 0.138. The van der Waals surface area contributed by atoms with Gasteiger partial charge in [-0.3, -0.25) is 4.79 Å². The molecule has 0 bridgehead atoms. The Labute approximate surface area is 144 Å². The number of amides is 1. The Morgan fingerprint density at radius 1 is 1.09 bits per heavy atom. The van der Waals surface area contributed by atoms with Crippen molar-refractivity contribution in [3.63, 3.8) is 0 Å².